The maximum absolute atomic E-state index is 11.6. The normalized spacial score (nSPS) is 18.8. The number of imide groups is 1. The quantitative estimate of drug-likeness (QED) is 0.687. The zero-order valence-corrected chi connectivity index (χ0v) is 9.69. The number of hydrogen-bond acceptors (Lipinski definition) is 3. The lowest BCUT2D eigenvalue weighted by atomic mass is 10.0. The molecule has 1 aliphatic heterocycles. The van der Waals surface area contributed by atoms with Crippen molar-refractivity contribution < 1.29 is 14.4 Å². The van der Waals surface area contributed by atoms with Crippen LogP contribution in [0.2, 0.25) is 0 Å². The molecular weight excluding hydrogens is 208 g/mol. The summed E-state index contributed by atoms with van der Waals surface area (Å²) in [5, 5.41) is 2.67. The minimum absolute atomic E-state index is 0.150. The van der Waals surface area contributed by atoms with Crippen LogP contribution < -0.4 is 5.32 Å². The number of rotatable bonds is 4. The Morgan fingerprint density at radius 1 is 1.31 bits per heavy atom. The largest absolute Gasteiger partial charge is 0.356 e. The van der Waals surface area contributed by atoms with Crippen molar-refractivity contribution in [1.82, 2.24) is 10.2 Å². The molecule has 0 aromatic heterocycles. The Kier molecular flexibility index (Phi) is 3.82. The van der Waals surface area contributed by atoms with Gasteiger partial charge in [0.2, 0.25) is 5.91 Å². The van der Waals surface area contributed by atoms with Gasteiger partial charge in [-0.15, -0.1) is 0 Å². The SMILES string of the molecule is CCNC(=O)C(C)C(C)N1C(=O)C=CC1=O. The molecule has 5 nitrogen and oxygen atoms in total. The van der Waals surface area contributed by atoms with Gasteiger partial charge in [-0.05, 0) is 13.8 Å². The summed E-state index contributed by atoms with van der Waals surface area (Å²) in [7, 11) is 0. The minimum atomic E-state index is -0.429. The van der Waals surface area contributed by atoms with Gasteiger partial charge in [0.15, 0.2) is 0 Å². The van der Waals surface area contributed by atoms with Crippen LogP contribution >= 0.6 is 0 Å². The number of amides is 3. The number of carbonyl (C=O) groups is 3. The minimum Gasteiger partial charge on any atom is -0.356 e. The maximum atomic E-state index is 11.6. The molecule has 0 radical (unpaired) electrons. The van der Waals surface area contributed by atoms with E-state index in [2.05, 4.69) is 5.32 Å². The Hall–Kier alpha value is -1.65. The summed E-state index contributed by atoms with van der Waals surface area (Å²) < 4.78 is 0. The number of hydrogen-bond donors (Lipinski definition) is 1. The van der Waals surface area contributed by atoms with Gasteiger partial charge >= 0.3 is 0 Å². The Morgan fingerprint density at radius 2 is 1.81 bits per heavy atom. The van der Waals surface area contributed by atoms with E-state index < -0.39 is 12.0 Å². The lowest BCUT2D eigenvalue weighted by Crippen LogP contribution is -2.46. The van der Waals surface area contributed by atoms with E-state index in [0.29, 0.717) is 6.54 Å². The number of nitrogens with zero attached hydrogens (tertiary/aromatic N) is 1. The second kappa shape index (κ2) is 4.92. The molecular formula is C11H16N2O3. The van der Waals surface area contributed by atoms with Crippen molar-refractivity contribution in [3.63, 3.8) is 0 Å². The summed E-state index contributed by atoms with van der Waals surface area (Å²) in [5.41, 5.74) is 0. The average Bonchev–Trinajstić information content (AvgIpc) is 2.57. The van der Waals surface area contributed by atoms with E-state index in [4.69, 9.17) is 0 Å². The molecule has 0 aromatic carbocycles. The summed E-state index contributed by atoms with van der Waals surface area (Å²) in [4.78, 5) is 35.5. The van der Waals surface area contributed by atoms with Crippen LogP contribution in [0, 0.1) is 5.92 Å². The highest BCUT2D eigenvalue weighted by Crippen LogP contribution is 2.16. The molecule has 2 atom stereocenters. The van der Waals surface area contributed by atoms with E-state index in [0.717, 1.165) is 4.90 Å². The summed E-state index contributed by atoms with van der Waals surface area (Å²) in [6, 6.07) is -0.429. The molecule has 16 heavy (non-hydrogen) atoms. The Bertz CT molecular complexity index is 331. The molecule has 88 valence electrons. The topological polar surface area (TPSA) is 66.5 Å². The molecule has 0 bridgehead atoms. The van der Waals surface area contributed by atoms with Crippen LogP contribution in [0.3, 0.4) is 0 Å². The number of carbonyl (C=O) groups excluding carboxylic acids is 3. The van der Waals surface area contributed by atoms with Crippen molar-refractivity contribution in [3.8, 4) is 0 Å². The highest BCUT2D eigenvalue weighted by atomic mass is 16.2. The van der Waals surface area contributed by atoms with E-state index >= 15 is 0 Å². The molecule has 0 spiro atoms. The van der Waals surface area contributed by atoms with Crippen LogP contribution in [0.5, 0.6) is 0 Å². The highest BCUT2D eigenvalue weighted by Gasteiger charge is 2.33. The first-order valence-electron chi connectivity index (χ1n) is 5.32. The first-order valence-corrected chi connectivity index (χ1v) is 5.32. The molecule has 0 saturated carbocycles. The van der Waals surface area contributed by atoms with Gasteiger partial charge < -0.3 is 5.32 Å². The van der Waals surface area contributed by atoms with Gasteiger partial charge in [-0.25, -0.2) is 0 Å². The maximum Gasteiger partial charge on any atom is 0.253 e. The first-order chi connectivity index (χ1) is 7.49. The molecule has 0 saturated heterocycles. The van der Waals surface area contributed by atoms with E-state index in [-0.39, 0.29) is 17.7 Å². The van der Waals surface area contributed by atoms with Crippen LogP contribution in [-0.4, -0.2) is 35.2 Å². The van der Waals surface area contributed by atoms with Gasteiger partial charge in [-0.1, -0.05) is 6.92 Å². The standard InChI is InChI=1S/C11H16N2O3/c1-4-12-11(16)7(2)8(3)13-9(14)5-6-10(13)15/h5-8H,4H2,1-3H3,(H,12,16). The third-order valence-electron chi connectivity index (χ3n) is 2.74. The fraction of sp³-hybridized carbons (Fsp3) is 0.545. The van der Waals surface area contributed by atoms with E-state index in [9.17, 15) is 14.4 Å². The molecule has 0 aromatic rings. The Balaban J connectivity index is 2.70. The zero-order valence-electron chi connectivity index (χ0n) is 9.69. The first kappa shape index (κ1) is 12.4. The summed E-state index contributed by atoms with van der Waals surface area (Å²) in [6.07, 6.45) is 2.45. The molecule has 5 heteroatoms. The predicted molar refractivity (Wildman–Crippen MR) is 58.3 cm³/mol. The van der Waals surface area contributed by atoms with Crippen LogP contribution in [-0.2, 0) is 14.4 Å². The monoisotopic (exact) mass is 224 g/mol. The summed E-state index contributed by atoms with van der Waals surface area (Å²) in [5.74, 6) is -1.27. The smallest absolute Gasteiger partial charge is 0.253 e. The molecule has 3 amide bonds. The molecule has 1 N–H and O–H groups in total. The van der Waals surface area contributed by atoms with Crippen molar-refractivity contribution in [1.29, 1.82) is 0 Å². The van der Waals surface area contributed by atoms with Crippen molar-refractivity contribution in [2.45, 2.75) is 26.8 Å². The second-order valence-corrected chi connectivity index (χ2v) is 3.80. The zero-order chi connectivity index (χ0) is 12.3. The van der Waals surface area contributed by atoms with Crippen LogP contribution in [0.25, 0.3) is 0 Å². The van der Waals surface area contributed by atoms with Gasteiger partial charge in [0.05, 0.1) is 5.92 Å². The fourth-order valence-electron chi connectivity index (χ4n) is 1.59. The number of nitrogens with one attached hydrogen (secondary N) is 1. The van der Waals surface area contributed by atoms with Gasteiger partial charge in [0.25, 0.3) is 11.8 Å². The van der Waals surface area contributed by atoms with Crippen LogP contribution in [0.1, 0.15) is 20.8 Å². The molecule has 1 rings (SSSR count). The van der Waals surface area contributed by atoms with Crippen LogP contribution in [0.15, 0.2) is 12.2 Å². The van der Waals surface area contributed by atoms with Crippen molar-refractivity contribution >= 4 is 17.7 Å². The molecule has 0 aliphatic carbocycles. The van der Waals surface area contributed by atoms with Crippen molar-refractivity contribution in [2.24, 2.45) is 5.92 Å². The summed E-state index contributed by atoms with van der Waals surface area (Å²) >= 11 is 0. The third-order valence-corrected chi connectivity index (χ3v) is 2.74. The summed E-state index contributed by atoms with van der Waals surface area (Å²) in [6.45, 7) is 5.76. The predicted octanol–water partition coefficient (Wildman–Crippen LogP) is 0.0721. The van der Waals surface area contributed by atoms with Crippen molar-refractivity contribution in [3.05, 3.63) is 12.2 Å². The van der Waals surface area contributed by atoms with Gasteiger partial charge in [0.1, 0.15) is 0 Å². The molecule has 1 aliphatic rings. The van der Waals surface area contributed by atoms with Gasteiger partial charge in [-0.3, -0.25) is 19.3 Å². The van der Waals surface area contributed by atoms with E-state index in [1.165, 1.54) is 12.2 Å². The van der Waals surface area contributed by atoms with E-state index in [1.54, 1.807) is 13.8 Å². The lowest BCUT2D eigenvalue weighted by molar-refractivity contribution is -0.141. The average molecular weight is 224 g/mol. The lowest BCUT2D eigenvalue weighted by Gasteiger charge is -2.27. The van der Waals surface area contributed by atoms with Gasteiger partial charge in [0, 0.05) is 24.7 Å². The van der Waals surface area contributed by atoms with Gasteiger partial charge in [-0.2, -0.15) is 0 Å². The Morgan fingerprint density at radius 3 is 2.25 bits per heavy atom. The molecule has 2 unspecified atom stereocenters. The Labute approximate surface area is 94.5 Å². The third kappa shape index (κ3) is 2.29. The van der Waals surface area contributed by atoms with Crippen molar-refractivity contribution in [2.75, 3.05) is 6.54 Å². The molecule has 1 heterocycles. The van der Waals surface area contributed by atoms with E-state index in [1.807, 2.05) is 6.92 Å². The second-order valence-electron chi connectivity index (χ2n) is 3.80. The van der Waals surface area contributed by atoms with Crippen LogP contribution in [0.4, 0.5) is 0 Å². The molecule has 0 fully saturated rings. The fourth-order valence-corrected chi connectivity index (χ4v) is 1.59. The highest BCUT2D eigenvalue weighted by molar-refractivity contribution is 6.13.